The van der Waals surface area contributed by atoms with Crippen LogP contribution in [0.5, 0.6) is 11.6 Å². The zero-order chi connectivity index (χ0) is 14.4. The van der Waals surface area contributed by atoms with E-state index < -0.39 is 0 Å². The molecule has 2 aromatic rings. The summed E-state index contributed by atoms with van der Waals surface area (Å²) < 4.78 is 7.08. The second kappa shape index (κ2) is 7.59. The van der Waals surface area contributed by atoms with Crippen LogP contribution in [0.1, 0.15) is 31.9 Å². The molecule has 0 aliphatic rings. The number of rotatable bonds is 6. The number of hydrogen-bond acceptors (Lipinski definition) is 3. The lowest BCUT2D eigenvalue weighted by Crippen LogP contribution is -2.20. The molecule has 3 nitrogen and oxygen atoms in total. The van der Waals surface area contributed by atoms with Gasteiger partial charge in [-0.05, 0) is 66.7 Å². The summed E-state index contributed by atoms with van der Waals surface area (Å²) in [5.74, 6) is 1.49. The molecule has 1 atom stereocenters. The predicted octanol–water partition coefficient (Wildman–Crippen LogP) is 4.54. The number of nitrogens with zero attached hydrogens (tertiary/aromatic N) is 1. The van der Waals surface area contributed by atoms with Gasteiger partial charge in [0.25, 0.3) is 0 Å². The smallest absolute Gasteiger partial charge is 0.223 e. The van der Waals surface area contributed by atoms with Crippen molar-refractivity contribution in [2.75, 3.05) is 6.54 Å². The van der Waals surface area contributed by atoms with E-state index in [-0.39, 0.29) is 6.04 Å². The summed E-state index contributed by atoms with van der Waals surface area (Å²) in [6, 6.07) is 12.2. The van der Waals surface area contributed by atoms with Gasteiger partial charge in [0.15, 0.2) is 0 Å². The topological polar surface area (TPSA) is 34.2 Å². The van der Waals surface area contributed by atoms with Crippen LogP contribution in [-0.4, -0.2) is 11.5 Å². The largest absolute Gasteiger partial charge is 0.439 e. The predicted molar refractivity (Wildman–Crippen MR) is 90.2 cm³/mol. The number of benzene rings is 1. The van der Waals surface area contributed by atoms with Gasteiger partial charge in [-0.25, -0.2) is 4.98 Å². The van der Waals surface area contributed by atoms with Crippen molar-refractivity contribution in [2.45, 2.75) is 26.3 Å². The van der Waals surface area contributed by atoms with Gasteiger partial charge in [0.2, 0.25) is 5.88 Å². The molecule has 2 rings (SSSR count). The Morgan fingerprint density at radius 1 is 1.30 bits per heavy atom. The van der Waals surface area contributed by atoms with Crippen LogP contribution in [0, 0.1) is 3.57 Å². The second-order valence-corrected chi connectivity index (χ2v) is 5.88. The molecule has 0 aliphatic heterocycles. The van der Waals surface area contributed by atoms with E-state index in [1.165, 1.54) is 0 Å². The highest BCUT2D eigenvalue weighted by Crippen LogP contribution is 2.27. The van der Waals surface area contributed by atoms with E-state index in [9.17, 15) is 0 Å². The third-order valence-corrected chi connectivity index (χ3v) is 3.65. The summed E-state index contributed by atoms with van der Waals surface area (Å²) in [7, 11) is 0. The van der Waals surface area contributed by atoms with Crippen LogP contribution in [0.4, 0.5) is 0 Å². The Balaban J connectivity index is 2.19. The molecule has 4 heteroatoms. The highest BCUT2D eigenvalue weighted by molar-refractivity contribution is 14.1. The van der Waals surface area contributed by atoms with Crippen LogP contribution in [-0.2, 0) is 0 Å². The lowest BCUT2D eigenvalue weighted by Gasteiger charge is -2.17. The first-order valence-corrected chi connectivity index (χ1v) is 7.90. The number of nitrogens with one attached hydrogen (secondary N) is 1. The molecule has 0 fully saturated rings. The lowest BCUT2D eigenvalue weighted by atomic mass is 10.1. The van der Waals surface area contributed by atoms with Gasteiger partial charge in [0.05, 0.1) is 0 Å². The van der Waals surface area contributed by atoms with E-state index >= 15 is 0 Å². The monoisotopic (exact) mass is 382 g/mol. The van der Waals surface area contributed by atoms with Crippen molar-refractivity contribution in [3.8, 4) is 11.6 Å². The molecule has 0 bridgehead atoms. The van der Waals surface area contributed by atoms with Crippen molar-refractivity contribution in [3.05, 3.63) is 51.7 Å². The fraction of sp³-hybridized carbons (Fsp3) is 0.312. The quantitative estimate of drug-likeness (QED) is 0.745. The molecule has 0 aliphatic carbocycles. The first kappa shape index (κ1) is 15.3. The minimum atomic E-state index is 0.224. The third-order valence-electron chi connectivity index (χ3n) is 2.98. The molecule has 0 spiro atoms. The van der Waals surface area contributed by atoms with Gasteiger partial charge in [-0.15, -0.1) is 0 Å². The lowest BCUT2D eigenvalue weighted by molar-refractivity contribution is 0.442. The molecule has 1 unspecified atom stereocenters. The molecule has 1 heterocycles. The van der Waals surface area contributed by atoms with E-state index in [1.807, 2.05) is 30.3 Å². The van der Waals surface area contributed by atoms with Crippen molar-refractivity contribution in [1.82, 2.24) is 10.3 Å². The fourth-order valence-electron chi connectivity index (χ4n) is 1.93. The van der Waals surface area contributed by atoms with Gasteiger partial charge in [0, 0.05) is 21.4 Å². The zero-order valence-electron chi connectivity index (χ0n) is 11.8. The molecule has 0 saturated heterocycles. The minimum Gasteiger partial charge on any atom is -0.439 e. The van der Waals surface area contributed by atoms with Crippen molar-refractivity contribution >= 4 is 22.6 Å². The summed E-state index contributed by atoms with van der Waals surface area (Å²) >= 11 is 2.28. The van der Waals surface area contributed by atoms with E-state index in [1.54, 1.807) is 6.20 Å². The summed E-state index contributed by atoms with van der Waals surface area (Å²) in [4.78, 5) is 4.37. The van der Waals surface area contributed by atoms with Gasteiger partial charge < -0.3 is 10.1 Å². The van der Waals surface area contributed by atoms with Crippen LogP contribution in [0.3, 0.4) is 0 Å². The Labute approximate surface area is 133 Å². The van der Waals surface area contributed by atoms with Gasteiger partial charge >= 0.3 is 0 Å². The van der Waals surface area contributed by atoms with Crippen LogP contribution in [0.2, 0.25) is 0 Å². The van der Waals surface area contributed by atoms with Crippen molar-refractivity contribution in [3.63, 3.8) is 0 Å². The highest BCUT2D eigenvalue weighted by Gasteiger charge is 2.12. The SMILES string of the molecule is CCCNC(C)c1cccnc1Oc1cccc(I)c1. The Kier molecular flexibility index (Phi) is 5.79. The van der Waals surface area contributed by atoms with E-state index in [2.05, 4.69) is 52.8 Å². The average molecular weight is 382 g/mol. The number of halogens is 1. The molecule has 20 heavy (non-hydrogen) atoms. The molecule has 1 aromatic carbocycles. The zero-order valence-corrected chi connectivity index (χ0v) is 13.9. The first-order chi connectivity index (χ1) is 9.70. The maximum atomic E-state index is 5.94. The summed E-state index contributed by atoms with van der Waals surface area (Å²) in [6.45, 7) is 5.28. The maximum Gasteiger partial charge on any atom is 0.223 e. The van der Waals surface area contributed by atoms with Crippen molar-refractivity contribution in [1.29, 1.82) is 0 Å². The van der Waals surface area contributed by atoms with Gasteiger partial charge in [-0.2, -0.15) is 0 Å². The van der Waals surface area contributed by atoms with E-state index in [4.69, 9.17) is 4.74 Å². The van der Waals surface area contributed by atoms with Crippen molar-refractivity contribution in [2.24, 2.45) is 0 Å². The van der Waals surface area contributed by atoms with E-state index in [0.717, 1.165) is 27.8 Å². The highest BCUT2D eigenvalue weighted by atomic mass is 127. The van der Waals surface area contributed by atoms with Crippen molar-refractivity contribution < 1.29 is 4.74 Å². The van der Waals surface area contributed by atoms with E-state index in [0.29, 0.717) is 5.88 Å². The Morgan fingerprint density at radius 2 is 2.15 bits per heavy atom. The number of pyridine rings is 1. The maximum absolute atomic E-state index is 5.94. The van der Waals surface area contributed by atoms with Crippen LogP contribution in [0.15, 0.2) is 42.6 Å². The summed E-state index contributed by atoms with van der Waals surface area (Å²) in [5.41, 5.74) is 1.08. The molecule has 0 radical (unpaired) electrons. The number of aromatic nitrogens is 1. The normalized spacial score (nSPS) is 12.2. The van der Waals surface area contributed by atoms with Gasteiger partial charge in [-0.1, -0.05) is 19.1 Å². The first-order valence-electron chi connectivity index (χ1n) is 6.82. The van der Waals surface area contributed by atoms with Crippen LogP contribution < -0.4 is 10.1 Å². The third kappa shape index (κ3) is 4.18. The summed E-state index contributed by atoms with van der Waals surface area (Å²) in [6.07, 6.45) is 2.87. The molecule has 1 N–H and O–H groups in total. The van der Waals surface area contributed by atoms with Gasteiger partial charge in [0.1, 0.15) is 5.75 Å². The van der Waals surface area contributed by atoms with Gasteiger partial charge in [-0.3, -0.25) is 0 Å². The summed E-state index contributed by atoms with van der Waals surface area (Å²) in [5, 5.41) is 3.46. The molecule has 1 aromatic heterocycles. The Bertz CT molecular complexity index is 560. The Hall–Kier alpha value is -1.14. The second-order valence-electron chi connectivity index (χ2n) is 4.63. The van der Waals surface area contributed by atoms with Crippen LogP contribution in [0.25, 0.3) is 0 Å². The number of ether oxygens (including phenoxy) is 1. The molecular formula is C16H19IN2O. The fourth-order valence-corrected chi connectivity index (χ4v) is 2.45. The average Bonchev–Trinajstić information content (AvgIpc) is 2.45. The van der Waals surface area contributed by atoms with Crippen LogP contribution >= 0.6 is 22.6 Å². The molecule has 106 valence electrons. The standard InChI is InChI=1S/C16H19IN2O/c1-3-9-18-12(2)15-8-5-10-19-16(15)20-14-7-4-6-13(17)11-14/h4-8,10-12,18H,3,9H2,1-2H3. The molecular weight excluding hydrogens is 363 g/mol. The molecule has 0 saturated carbocycles. The molecule has 0 amide bonds. The number of hydrogen-bond donors (Lipinski definition) is 1. The Morgan fingerprint density at radius 3 is 2.90 bits per heavy atom. The minimum absolute atomic E-state index is 0.224.